The van der Waals surface area contributed by atoms with Gasteiger partial charge in [-0.1, -0.05) is 31.5 Å². The molecule has 0 fully saturated rings. The topological polar surface area (TPSA) is 32.3 Å². The van der Waals surface area contributed by atoms with Gasteiger partial charge in [0, 0.05) is 12.2 Å². The minimum Gasteiger partial charge on any atom is -0.312 e. The van der Waals surface area contributed by atoms with Crippen LogP contribution in [0.3, 0.4) is 0 Å². The van der Waals surface area contributed by atoms with Crippen molar-refractivity contribution in [3.63, 3.8) is 0 Å². The van der Waals surface area contributed by atoms with Gasteiger partial charge in [-0.15, -0.1) is 0 Å². The summed E-state index contributed by atoms with van der Waals surface area (Å²) in [4.78, 5) is 13.8. The Balaban J connectivity index is 2.48. The predicted octanol–water partition coefficient (Wildman–Crippen LogP) is 2.43. The van der Waals surface area contributed by atoms with E-state index < -0.39 is 0 Å². The first-order chi connectivity index (χ1) is 8.29. The highest BCUT2D eigenvalue weighted by atomic mass is 16.2. The van der Waals surface area contributed by atoms with E-state index in [9.17, 15) is 4.79 Å². The maximum absolute atomic E-state index is 12.0. The van der Waals surface area contributed by atoms with Crippen molar-refractivity contribution in [1.29, 1.82) is 0 Å². The number of benzene rings is 1. The van der Waals surface area contributed by atoms with Crippen molar-refractivity contribution in [2.45, 2.75) is 26.7 Å². The van der Waals surface area contributed by atoms with Gasteiger partial charge in [-0.25, -0.2) is 0 Å². The van der Waals surface area contributed by atoms with Gasteiger partial charge in [0.2, 0.25) is 5.91 Å². The van der Waals surface area contributed by atoms with Crippen LogP contribution in [0.1, 0.15) is 26.7 Å². The van der Waals surface area contributed by atoms with Crippen LogP contribution in [0.25, 0.3) is 0 Å². The van der Waals surface area contributed by atoms with Gasteiger partial charge in [0.25, 0.3) is 0 Å². The molecule has 0 heterocycles. The van der Waals surface area contributed by atoms with Crippen LogP contribution in [-0.2, 0) is 4.79 Å². The zero-order chi connectivity index (χ0) is 12.5. The number of hydrogen-bond donors (Lipinski definition) is 1. The van der Waals surface area contributed by atoms with Gasteiger partial charge in [0.15, 0.2) is 0 Å². The summed E-state index contributed by atoms with van der Waals surface area (Å²) < 4.78 is 0. The zero-order valence-corrected chi connectivity index (χ0v) is 10.8. The second-order valence-corrected chi connectivity index (χ2v) is 4.00. The Hall–Kier alpha value is -1.35. The Morgan fingerprint density at radius 3 is 2.53 bits per heavy atom. The van der Waals surface area contributed by atoms with Crippen molar-refractivity contribution in [1.82, 2.24) is 5.32 Å². The van der Waals surface area contributed by atoms with E-state index in [4.69, 9.17) is 0 Å². The average Bonchev–Trinajstić information content (AvgIpc) is 2.37. The zero-order valence-electron chi connectivity index (χ0n) is 10.8. The fourth-order valence-corrected chi connectivity index (χ4v) is 1.70. The number of carbonyl (C=O) groups excluding carboxylic acids is 1. The molecule has 0 atom stereocenters. The smallest absolute Gasteiger partial charge is 0.240 e. The van der Waals surface area contributed by atoms with E-state index in [-0.39, 0.29) is 5.91 Å². The predicted molar refractivity (Wildman–Crippen MR) is 72.2 cm³/mol. The van der Waals surface area contributed by atoms with Crippen molar-refractivity contribution in [2.75, 3.05) is 24.5 Å². The van der Waals surface area contributed by atoms with E-state index in [0.717, 1.165) is 25.1 Å². The lowest BCUT2D eigenvalue weighted by Crippen LogP contribution is -2.38. The summed E-state index contributed by atoms with van der Waals surface area (Å²) in [6.07, 6.45) is 2.27. The molecule has 0 bridgehead atoms. The van der Waals surface area contributed by atoms with E-state index in [2.05, 4.69) is 12.2 Å². The number of nitrogens with one attached hydrogen (secondary N) is 1. The molecule has 3 nitrogen and oxygen atoms in total. The van der Waals surface area contributed by atoms with Crippen molar-refractivity contribution < 1.29 is 4.79 Å². The largest absolute Gasteiger partial charge is 0.312 e. The van der Waals surface area contributed by atoms with E-state index in [1.165, 1.54) is 0 Å². The number of carbonyl (C=O) groups is 1. The summed E-state index contributed by atoms with van der Waals surface area (Å²) >= 11 is 0. The second-order valence-electron chi connectivity index (χ2n) is 4.00. The molecule has 0 aliphatic rings. The molecular weight excluding hydrogens is 212 g/mol. The monoisotopic (exact) mass is 234 g/mol. The molecule has 1 N–H and O–H groups in total. The quantitative estimate of drug-likeness (QED) is 0.735. The Morgan fingerprint density at radius 1 is 1.24 bits per heavy atom. The fraction of sp³-hybridized carbons (Fsp3) is 0.500. The summed E-state index contributed by atoms with van der Waals surface area (Å²) in [5, 5.41) is 3.18. The maximum atomic E-state index is 12.0. The second kappa shape index (κ2) is 7.85. The molecule has 0 aliphatic heterocycles. The van der Waals surface area contributed by atoms with Crippen molar-refractivity contribution in [2.24, 2.45) is 0 Å². The Labute approximate surface area is 104 Å². The normalized spacial score (nSPS) is 10.2. The molecule has 0 aromatic heterocycles. The van der Waals surface area contributed by atoms with Crippen LogP contribution in [0.15, 0.2) is 30.3 Å². The molecule has 3 heteroatoms. The third kappa shape index (κ3) is 4.57. The van der Waals surface area contributed by atoms with Crippen LogP contribution in [0.2, 0.25) is 0 Å². The first-order valence-corrected chi connectivity index (χ1v) is 6.35. The lowest BCUT2D eigenvalue weighted by Gasteiger charge is -2.21. The van der Waals surface area contributed by atoms with Gasteiger partial charge in [-0.05, 0) is 32.0 Å². The van der Waals surface area contributed by atoms with Crippen LogP contribution in [0.5, 0.6) is 0 Å². The van der Waals surface area contributed by atoms with Crippen LogP contribution in [0, 0.1) is 0 Å². The van der Waals surface area contributed by atoms with Gasteiger partial charge in [-0.2, -0.15) is 0 Å². The molecular formula is C14H22N2O. The number of unbranched alkanes of at least 4 members (excludes halogenated alkanes) is 1. The van der Waals surface area contributed by atoms with Gasteiger partial charge in [-0.3, -0.25) is 4.79 Å². The maximum Gasteiger partial charge on any atom is 0.240 e. The Bertz CT molecular complexity index is 324. The molecule has 0 spiro atoms. The molecule has 1 rings (SSSR count). The number of rotatable bonds is 7. The minimum absolute atomic E-state index is 0.134. The van der Waals surface area contributed by atoms with Crippen molar-refractivity contribution in [3.05, 3.63) is 30.3 Å². The molecule has 1 aromatic rings. The van der Waals surface area contributed by atoms with Gasteiger partial charge in [0.05, 0.1) is 6.54 Å². The average molecular weight is 234 g/mol. The molecule has 0 saturated carbocycles. The van der Waals surface area contributed by atoms with Crippen molar-refractivity contribution in [3.8, 4) is 0 Å². The van der Waals surface area contributed by atoms with E-state index in [0.29, 0.717) is 13.1 Å². The lowest BCUT2D eigenvalue weighted by molar-refractivity contribution is -0.117. The van der Waals surface area contributed by atoms with Crippen LogP contribution >= 0.6 is 0 Å². The van der Waals surface area contributed by atoms with E-state index in [1.54, 1.807) is 4.90 Å². The highest BCUT2D eigenvalue weighted by Crippen LogP contribution is 2.12. The summed E-state index contributed by atoms with van der Waals surface area (Å²) in [6.45, 7) is 6.18. The molecule has 1 amide bonds. The van der Waals surface area contributed by atoms with Gasteiger partial charge >= 0.3 is 0 Å². The molecule has 0 radical (unpaired) electrons. The summed E-state index contributed by atoms with van der Waals surface area (Å²) in [6, 6.07) is 9.80. The SMILES string of the molecule is CCCCNCC(=O)N(CC)c1ccccc1. The third-order valence-corrected chi connectivity index (χ3v) is 2.67. The van der Waals surface area contributed by atoms with Crippen LogP contribution in [-0.4, -0.2) is 25.5 Å². The number of amides is 1. The first-order valence-electron chi connectivity index (χ1n) is 6.35. The fourth-order valence-electron chi connectivity index (χ4n) is 1.70. The minimum atomic E-state index is 0.134. The Kier molecular flexibility index (Phi) is 6.33. The molecule has 0 unspecified atom stereocenters. The molecule has 1 aromatic carbocycles. The van der Waals surface area contributed by atoms with E-state index in [1.807, 2.05) is 37.3 Å². The summed E-state index contributed by atoms with van der Waals surface area (Å²) in [7, 11) is 0. The van der Waals surface area contributed by atoms with Crippen molar-refractivity contribution >= 4 is 11.6 Å². The molecule has 17 heavy (non-hydrogen) atoms. The standard InChI is InChI=1S/C14H22N2O/c1-3-5-11-15-12-14(17)16(4-2)13-9-7-6-8-10-13/h6-10,15H,3-5,11-12H2,1-2H3. The number of hydrogen-bond acceptors (Lipinski definition) is 2. The highest BCUT2D eigenvalue weighted by molar-refractivity contribution is 5.94. The number of likely N-dealkylation sites (N-methyl/N-ethyl adjacent to an activating group) is 1. The van der Waals surface area contributed by atoms with Crippen LogP contribution in [0.4, 0.5) is 5.69 Å². The lowest BCUT2D eigenvalue weighted by atomic mass is 10.3. The molecule has 94 valence electrons. The number of para-hydroxylation sites is 1. The molecule has 0 saturated heterocycles. The van der Waals surface area contributed by atoms with Gasteiger partial charge < -0.3 is 10.2 Å². The number of anilines is 1. The molecule has 0 aliphatic carbocycles. The first kappa shape index (κ1) is 13.7. The van der Waals surface area contributed by atoms with Crippen LogP contribution < -0.4 is 10.2 Å². The summed E-state index contributed by atoms with van der Waals surface area (Å²) in [5.74, 6) is 0.134. The number of nitrogens with zero attached hydrogens (tertiary/aromatic N) is 1. The highest BCUT2D eigenvalue weighted by Gasteiger charge is 2.12. The summed E-state index contributed by atoms with van der Waals surface area (Å²) in [5.41, 5.74) is 0.970. The van der Waals surface area contributed by atoms with E-state index >= 15 is 0 Å². The Morgan fingerprint density at radius 2 is 1.94 bits per heavy atom. The van der Waals surface area contributed by atoms with Gasteiger partial charge in [0.1, 0.15) is 0 Å². The third-order valence-electron chi connectivity index (χ3n) is 2.67.